The van der Waals surface area contributed by atoms with E-state index in [1.54, 1.807) is 29.1 Å². The molecule has 230 valence electrons. The van der Waals surface area contributed by atoms with Gasteiger partial charge in [-0.2, -0.15) is 4.31 Å². The monoisotopic (exact) mass is 630 g/mol. The SMILES string of the molecule is CC(C)COC(=O)c1[nH]c2ccc(F)cc2c1-c1cn(CC2CCN(CCN(Cc3ccc(Cl)cc3)[SH](=O)=O)CC2)nn1. The van der Waals surface area contributed by atoms with Gasteiger partial charge in [0.15, 0.2) is 0 Å². The lowest BCUT2D eigenvalue weighted by Crippen LogP contribution is -2.40. The molecule has 1 saturated heterocycles. The van der Waals surface area contributed by atoms with Crippen LogP contribution in [0.1, 0.15) is 42.7 Å². The van der Waals surface area contributed by atoms with Gasteiger partial charge in [0, 0.05) is 47.7 Å². The molecule has 0 radical (unpaired) electrons. The maximum atomic E-state index is 14.2. The van der Waals surface area contributed by atoms with Gasteiger partial charge in [0.25, 0.3) is 0 Å². The number of ether oxygens (including phenoxy) is 1. The molecule has 13 heteroatoms. The fraction of sp³-hybridized carbons (Fsp3) is 0.433. The van der Waals surface area contributed by atoms with Crippen molar-refractivity contribution < 1.29 is 22.3 Å². The molecule has 0 aliphatic carbocycles. The molecule has 0 saturated carbocycles. The lowest BCUT2D eigenvalue weighted by atomic mass is 9.97. The molecule has 43 heavy (non-hydrogen) atoms. The number of rotatable bonds is 12. The van der Waals surface area contributed by atoms with Crippen molar-refractivity contribution in [2.45, 2.75) is 39.8 Å². The number of halogens is 2. The number of H-pyrrole nitrogens is 1. The molecule has 0 amide bonds. The Morgan fingerprint density at radius 1 is 1.19 bits per heavy atom. The summed E-state index contributed by atoms with van der Waals surface area (Å²) in [5.41, 5.74) is 2.68. The van der Waals surface area contributed by atoms with Gasteiger partial charge in [0.1, 0.15) is 17.2 Å². The van der Waals surface area contributed by atoms with E-state index in [4.69, 9.17) is 16.3 Å². The van der Waals surface area contributed by atoms with E-state index in [1.807, 2.05) is 26.0 Å². The van der Waals surface area contributed by atoms with E-state index in [9.17, 15) is 17.6 Å². The van der Waals surface area contributed by atoms with Gasteiger partial charge in [0.05, 0.1) is 12.8 Å². The normalized spacial score (nSPS) is 14.9. The molecule has 4 aromatic rings. The molecule has 0 unspecified atom stereocenters. The number of aromatic amines is 1. The Labute approximate surface area is 256 Å². The highest BCUT2D eigenvalue weighted by molar-refractivity contribution is 7.69. The van der Waals surface area contributed by atoms with E-state index in [-0.39, 0.29) is 18.2 Å². The van der Waals surface area contributed by atoms with Crippen molar-refractivity contribution in [2.75, 3.05) is 32.8 Å². The molecule has 2 aromatic carbocycles. The van der Waals surface area contributed by atoms with Crippen molar-refractivity contribution >= 4 is 39.4 Å². The highest BCUT2D eigenvalue weighted by Gasteiger charge is 2.25. The summed E-state index contributed by atoms with van der Waals surface area (Å²) in [6.07, 6.45) is 3.65. The summed E-state index contributed by atoms with van der Waals surface area (Å²) in [6.45, 7) is 7.93. The Morgan fingerprint density at radius 3 is 2.63 bits per heavy atom. The molecule has 1 N–H and O–H groups in total. The number of likely N-dealkylation sites (tertiary alicyclic amines) is 1. The van der Waals surface area contributed by atoms with E-state index in [0.717, 1.165) is 31.5 Å². The second-order valence-corrected chi connectivity index (χ2v) is 12.9. The minimum atomic E-state index is -2.70. The number of fused-ring (bicyclic) bond motifs is 1. The Hall–Kier alpha value is -3.32. The van der Waals surface area contributed by atoms with Gasteiger partial charge in [0.2, 0.25) is 10.9 Å². The summed E-state index contributed by atoms with van der Waals surface area (Å²) in [7, 11) is -2.70. The molecule has 2 aromatic heterocycles. The zero-order chi connectivity index (χ0) is 30.5. The van der Waals surface area contributed by atoms with Crippen LogP contribution in [-0.4, -0.2) is 76.4 Å². The van der Waals surface area contributed by atoms with Crippen LogP contribution in [0.4, 0.5) is 4.39 Å². The van der Waals surface area contributed by atoms with E-state index in [0.29, 0.717) is 59.3 Å². The molecule has 0 bridgehead atoms. The van der Waals surface area contributed by atoms with Crippen molar-refractivity contribution in [3.63, 3.8) is 0 Å². The standard InChI is InChI=1S/C30H36ClFN6O4S/c1-20(2)19-42-30(39)29-28(25-15-24(32)7-8-26(25)33-29)27-18-37(35-34-27)16-22-9-11-36(12-10-22)13-14-38(43(40)41)17-21-3-5-23(31)6-4-21/h3-8,15,18,20,22,33,43H,9-14,16-17,19H2,1-2H3. The van der Waals surface area contributed by atoms with Crippen LogP contribution in [0.2, 0.25) is 5.02 Å². The summed E-state index contributed by atoms with van der Waals surface area (Å²) in [4.78, 5) is 18.3. The molecule has 1 fully saturated rings. The summed E-state index contributed by atoms with van der Waals surface area (Å²) in [5.74, 6) is -0.395. The summed E-state index contributed by atoms with van der Waals surface area (Å²) < 4.78 is 46.6. The van der Waals surface area contributed by atoms with Crippen LogP contribution in [0.3, 0.4) is 0 Å². The van der Waals surface area contributed by atoms with Gasteiger partial charge in [-0.3, -0.25) is 4.68 Å². The molecule has 3 heterocycles. The minimum Gasteiger partial charge on any atom is -0.461 e. The number of benzene rings is 2. The lowest BCUT2D eigenvalue weighted by Gasteiger charge is -2.32. The van der Waals surface area contributed by atoms with Crippen molar-refractivity contribution in [3.8, 4) is 11.3 Å². The molecular weight excluding hydrogens is 595 g/mol. The Morgan fingerprint density at radius 2 is 1.93 bits per heavy atom. The predicted molar refractivity (Wildman–Crippen MR) is 164 cm³/mol. The van der Waals surface area contributed by atoms with Crippen LogP contribution in [-0.2, 0) is 28.7 Å². The first-order chi connectivity index (χ1) is 20.7. The van der Waals surface area contributed by atoms with Gasteiger partial charge >= 0.3 is 5.97 Å². The number of hydrogen-bond donors (Lipinski definition) is 2. The van der Waals surface area contributed by atoms with Crippen LogP contribution in [0.15, 0.2) is 48.7 Å². The summed E-state index contributed by atoms with van der Waals surface area (Å²) in [5, 5.41) is 9.83. The van der Waals surface area contributed by atoms with Crippen LogP contribution >= 0.6 is 11.6 Å². The lowest BCUT2D eigenvalue weighted by molar-refractivity contribution is 0.0454. The predicted octanol–water partition coefficient (Wildman–Crippen LogP) is 4.77. The first kappa shape index (κ1) is 31.1. The third-order valence-electron chi connectivity index (χ3n) is 7.64. The molecule has 0 spiro atoms. The zero-order valence-electron chi connectivity index (χ0n) is 24.2. The molecule has 5 rings (SSSR count). The van der Waals surface area contributed by atoms with Crippen molar-refractivity contribution in [2.24, 2.45) is 11.8 Å². The average Bonchev–Trinajstić information content (AvgIpc) is 3.59. The van der Waals surface area contributed by atoms with Gasteiger partial charge in [-0.05, 0) is 73.7 Å². The van der Waals surface area contributed by atoms with Gasteiger partial charge in [-0.15, -0.1) is 5.10 Å². The largest absolute Gasteiger partial charge is 0.461 e. The van der Waals surface area contributed by atoms with Gasteiger partial charge in [-0.25, -0.2) is 17.6 Å². The number of piperidine rings is 1. The Kier molecular flexibility index (Phi) is 10.1. The number of carbonyl (C=O) groups is 1. The second-order valence-electron chi connectivity index (χ2n) is 11.4. The van der Waals surface area contributed by atoms with Crippen LogP contribution < -0.4 is 0 Å². The number of nitrogens with zero attached hydrogens (tertiary/aromatic N) is 5. The summed E-state index contributed by atoms with van der Waals surface area (Å²) in [6, 6.07) is 11.5. The number of thiol groups is 1. The Balaban J connectivity index is 1.19. The quantitative estimate of drug-likeness (QED) is 0.171. The number of hydrogen-bond acceptors (Lipinski definition) is 7. The van der Waals surface area contributed by atoms with Gasteiger partial charge < -0.3 is 14.6 Å². The fourth-order valence-corrected chi connectivity index (χ4v) is 5.99. The van der Waals surface area contributed by atoms with E-state index >= 15 is 0 Å². The molecule has 1 aliphatic rings. The smallest absolute Gasteiger partial charge is 0.355 e. The van der Waals surface area contributed by atoms with Crippen LogP contribution in [0, 0.1) is 17.7 Å². The highest BCUT2D eigenvalue weighted by atomic mass is 35.5. The maximum absolute atomic E-state index is 14.2. The highest BCUT2D eigenvalue weighted by Crippen LogP contribution is 2.32. The summed E-state index contributed by atoms with van der Waals surface area (Å²) >= 11 is 5.94. The average molecular weight is 631 g/mol. The number of nitrogens with one attached hydrogen (secondary N) is 1. The fourth-order valence-electron chi connectivity index (χ4n) is 5.33. The van der Waals surface area contributed by atoms with Crippen molar-refractivity contribution in [1.29, 1.82) is 0 Å². The van der Waals surface area contributed by atoms with Crippen molar-refractivity contribution in [1.82, 2.24) is 29.2 Å². The third kappa shape index (κ3) is 7.99. The first-order valence-electron chi connectivity index (χ1n) is 14.4. The number of esters is 1. The second kappa shape index (κ2) is 14.0. The molecule has 1 aliphatic heterocycles. The Bertz CT molecular complexity index is 1620. The number of carbonyl (C=O) groups excluding carboxylic acids is 1. The number of aromatic nitrogens is 4. The zero-order valence-corrected chi connectivity index (χ0v) is 25.9. The van der Waals surface area contributed by atoms with Gasteiger partial charge in [-0.1, -0.05) is 42.8 Å². The molecule has 10 nitrogen and oxygen atoms in total. The molecular formula is C30H36ClFN6O4S. The third-order valence-corrected chi connectivity index (χ3v) is 8.70. The molecule has 0 atom stereocenters. The first-order valence-corrected chi connectivity index (χ1v) is 15.9. The van der Waals surface area contributed by atoms with E-state index in [1.165, 1.54) is 16.4 Å². The van der Waals surface area contributed by atoms with E-state index in [2.05, 4.69) is 20.2 Å². The maximum Gasteiger partial charge on any atom is 0.355 e. The van der Waals surface area contributed by atoms with Crippen molar-refractivity contribution in [3.05, 3.63) is 70.8 Å². The topological polar surface area (TPSA) is 113 Å². The minimum absolute atomic E-state index is 0.172. The van der Waals surface area contributed by atoms with E-state index < -0.39 is 22.7 Å². The van der Waals surface area contributed by atoms with Crippen LogP contribution in [0.5, 0.6) is 0 Å². The van der Waals surface area contributed by atoms with Crippen LogP contribution in [0.25, 0.3) is 22.2 Å².